The number of fused-ring (bicyclic) bond motifs is 1. The molecule has 0 spiro atoms. The highest BCUT2D eigenvalue weighted by atomic mass is 16.5. The minimum atomic E-state index is -0.684. The number of H-pyrrole nitrogens is 1. The van der Waals surface area contributed by atoms with E-state index in [4.69, 9.17) is 9.47 Å². The lowest BCUT2D eigenvalue weighted by atomic mass is 10.2. The zero-order chi connectivity index (χ0) is 22.5. The van der Waals surface area contributed by atoms with Crippen molar-refractivity contribution < 1.29 is 19.1 Å². The Morgan fingerprint density at radius 1 is 1.03 bits per heavy atom. The van der Waals surface area contributed by atoms with Crippen LogP contribution in [-0.4, -0.2) is 40.6 Å². The van der Waals surface area contributed by atoms with Crippen LogP contribution in [0.1, 0.15) is 34.1 Å². The number of rotatable bonds is 6. The van der Waals surface area contributed by atoms with E-state index < -0.39 is 23.1 Å². The predicted molar refractivity (Wildman–Crippen MR) is 111 cm³/mol. The molecule has 0 aliphatic rings. The van der Waals surface area contributed by atoms with Gasteiger partial charge in [0.05, 0.1) is 25.2 Å². The summed E-state index contributed by atoms with van der Waals surface area (Å²) < 4.78 is 11.6. The number of methoxy groups -OCH3 is 2. The Hall–Kier alpha value is -4.15. The highest BCUT2D eigenvalue weighted by Crippen LogP contribution is 2.27. The van der Waals surface area contributed by atoms with Gasteiger partial charge in [-0.2, -0.15) is 0 Å². The van der Waals surface area contributed by atoms with E-state index >= 15 is 0 Å². The molecular formula is C20H21N5O6. The average Bonchev–Trinajstić information content (AvgIpc) is 2.79. The number of aromatic nitrogens is 3. The highest BCUT2D eigenvalue weighted by molar-refractivity contribution is 6.00. The van der Waals surface area contributed by atoms with E-state index in [0.717, 1.165) is 0 Å². The summed E-state index contributed by atoms with van der Waals surface area (Å²) in [5.74, 6) is -0.455. The monoisotopic (exact) mass is 427 g/mol. The van der Waals surface area contributed by atoms with Crippen molar-refractivity contribution in [1.29, 1.82) is 0 Å². The van der Waals surface area contributed by atoms with Crippen molar-refractivity contribution in [2.45, 2.75) is 19.9 Å². The van der Waals surface area contributed by atoms with Gasteiger partial charge in [-0.05, 0) is 30.7 Å². The molecule has 0 radical (unpaired) electrons. The quantitative estimate of drug-likeness (QED) is 0.488. The van der Waals surface area contributed by atoms with Crippen LogP contribution in [0.2, 0.25) is 0 Å². The molecule has 0 aliphatic carbocycles. The fraction of sp³-hybridized carbons (Fsp3) is 0.250. The number of carbonyl (C=O) groups is 2. The lowest BCUT2D eigenvalue weighted by molar-refractivity contribution is 0.0846. The zero-order valence-corrected chi connectivity index (χ0v) is 17.1. The maximum atomic E-state index is 12.4. The van der Waals surface area contributed by atoms with Crippen LogP contribution in [0, 0.1) is 0 Å². The van der Waals surface area contributed by atoms with Crippen LogP contribution in [0.15, 0.2) is 40.1 Å². The molecule has 0 unspecified atom stereocenters. The summed E-state index contributed by atoms with van der Waals surface area (Å²) in [5, 5.41) is 0.0897. The second-order valence-electron chi connectivity index (χ2n) is 6.48. The predicted octanol–water partition coefficient (Wildman–Crippen LogP) is 0.587. The number of hydrogen-bond acceptors (Lipinski definition) is 7. The Morgan fingerprint density at radius 2 is 1.71 bits per heavy atom. The zero-order valence-electron chi connectivity index (χ0n) is 17.1. The SMILES string of the molecule is CCCn1c(=O)[nH]c(=O)c2cc(C(=O)NNC(=O)c3ccc(OC)c(OC)c3)cnc21. The molecule has 3 N–H and O–H groups in total. The molecule has 0 aliphatic heterocycles. The standard InChI is InChI=1S/C20H21N5O6/c1-4-7-25-16-13(19(28)22-20(25)29)8-12(10-21-16)18(27)24-23-17(26)11-5-6-14(30-2)15(9-11)31-3/h5-6,8-10H,4,7H2,1-3H3,(H,23,26)(H,24,27)(H,22,28,29). The van der Waals surface area contributed by atoms with Gasteiger partial charge in [-0.3, -0.25) is 34.8 Å². The van der Waals surface area contributed by atoms with Gasteiger partial charge in [-0.25, -0.2) is 9.78 Å². The van der Waals surface area contributed by atoms with Crippen LogP contribution in [0.3, 0.4) is 0 Å². The minimum absolute atomic E-state index is 0.0345. The molecule has 11 heteroatoms. The summed E-state index contributed by atoms with van der Waals surface area (Å²) in [7, 11) is 2.91. The van der Waals surface area contributed by atoms with Crippen LogP contribution >= 0.6 is 0 Å². The number of hydrogen-bond donors (Lipinski definition) is 3. The van der Waals surface area contributed by atoms with Gasteiger partial charge >= 0.3 is 5.69 Å². The first-order valence-electron chi connectivity index (χ1n) is 9.35. The third-order valence-corrected chi connectivity index (χ3v) is 4.48. The Balaban J connectivity index is 1.80. The van der Waals surface area contributed by atoms with Gasteiger partial charge in [0.2, 0.25) is 0 Å². The number of carbonyl (C=O) groups excluding carboxylic acids is 2. The summed E-state index contributed by atoms with van der Waals surface area (Å²) in [4.78, 5) is 55.3. The fourth-order valence-corrected chi connectivity index (χ4v) is 2.96. The van der Waals surface area contributed by atoms with Crippen LogP contribution < -0.4 is 31.6 Å². The molecule has 3 rings (SSSR count). The van der Waals surface area contributed by atoms with Crippen LogP contribution in [0.25, 0.3) is 11.0 Å². The van der Waals surface area contributed by atoms with E-state index in [-0.39, 0.29) is 22.2 Å². The maximum Gasteiger partial charge on any atom is 0.329 e. The van der Waals surface area contributed by atoms with E-state index in [1.807, 2.05) is 6.92 Å². The van der Waals surface area contributed by atoms with Crippen molar-refractivity contribution in [1.82, 2.24) is 25.4 Å². The normalized spacial score (nSPS) is 10.5. The third-order valence-electron chi connectivity index (χ3n) is 4.48. The Labute approximate surface area is 176 Å². The fourth-order valence-electron chi connectivity index (χ4n) is 2.96. The van der Waals surface area contributed by atoms with E-state index in [2.05, 4.69) is 20.8 Å². The van der Waals surface area contributed by atoms with E-state index in [9.17, 15) is 19.2 Å². The van der Waals surface area contributed by atoms with Crippen molar-refractivity contribution in [3.8, 4) is 11.5 Å². The summed E-state index contributed by atoms with van der Waals surface area (Å²) >= 11 is 0. The van der Waals surface area contributed by atoms with E-state index in [0.29, 0.717) is 24.5 Å². The number of hydrazine groups is 1. The molecule has 0 saturated carbocycles. The van der Waals surface area contributed by atoms with Crippen LogP contribution in [0.4, 0.5) is 0 Å². The number of benzene rings is 1. The summed E-state index contributed by atoms with van der Waals surface area (Å²) in [6.07, 6.45) is 1.89. The molecule has 11 nitrogen and oxygen atoms in total. The summed E-state index contributed by atoms with van der Waals surface area (Å²) in [5.41, 5.74) is 3.79. The molecule has 0 saturated heterocycles. The van der Waals surface area contributed by atoms with Gasteiger partial charge in [0, 0.05) is 18.3 Å². The first-order valence-corrected chi connectivity index (χ1v) is 9.35. The topological polar surface area (TPSA) is 144 Å². The van der Waals surface area contributed by atoms with E-state index in [1.54, 1.807) is 6.07 Å². The third kappa shape index (κ3) is 4.39. The molecule has 1 aromatic carbocycles. The van der Waals surface area contributed by atoms with Crippen molar-refractivity contribution >= 4 is 22.8 Å². The van der Waals surface area contributed by atoms with E-state index in [1.165, 1.54) is 43.2 Å². The first-order chi connectivity index (χ1) is 14.9. The first kappa shape index (κ1) is 21.6. The lowest BCUT2D eigenvalue weighted by Crippen LogP contribution is -2.41. The largest absolute Gasteiger partial charge is 0.493 e. The van der Waals surface area contributed by atoms with Crippen LogP contribution in [-0.2, 0) is 6.54 Å². The number of amides is 2. The van der Waals surface area contributed by atoms with Gasteiger partial charge in [0.25, 0.3) is 17.4 Å². The molecule has 0 bridgehead atoms. The maximum absolute atomic E-state index is 12.4. The number of aryl methyl sites for hydroxylation is 1. The van der Waals surface area contributed by atoms with Gasteiger partial charge in [-0.15, -0.1) is 0 Å². The lowest BCUT2D eigenvalue weighted by Gasteiger charge is -2.11. The number of nitrogens with one attached hydrogen (secondary N) is 3. The molecule has 0 atom stereocenters. The molecule has 0 fully saturated rings. The smallest absolute Gasteiger partial charge is 0.329 e. The molecule has 2 heterocycles. The van der Waals surface area contributed by atoms with Gasteiger partial charge in [0.1, 0.15) is 5.65 Å². The molecule has 2 aromatic heterocycles. The second kappa shape index (κ2) is 9.11. The molecular weight excluding hydrogens is 406 g/mol. The molecule has 162 valence electrons. The molecule has 31 heavy (non-hydrogen) atoms. The average molecular weight is 427 g/mol. The van der Waals surface area contributed by atoms with Gasteiger partial charge < -0.3 is 9.47 Å². The number of aromatic amines is 1. The van der Waals surface area contributed by atoms with Crippen LogP contribution in [0.5, 0.6) is 11.5 Å². The van der Waals surface area contributed by atoms with Crippen molar-refractivity contribution in [3.63, 3.8) is 0 Å². The Morgan fingerprint density at radius 3 is 2.35 bits per heavy atom. The van der Waals surface area contributed by atoms with Gasteiger partial charge in [0.15, 0.2) is 11.5 Å². The minimum Gasteiger partial charge on any atom is -0.493 e. The van der Waals surface area contributed by atoms with Crippen molar-refractivity contribution in [2.75, 3.05) is 14.2 Å². The number of ether oxygens (including phenoxy) is 2. The van der Waals surface area contributed by atoms with Crippen molar-refractivity contribution in [2.24, 2.45) is 0 Å². The van der Waals surface area contributed by atoms with Crippen molar-refractivity contribution in [3.05, 3.63) is 62.4 Å². The second-order valence-corrected chi connectivity index (χ2v) is 6.48. The number of nitrogens with zero attached hydrogens (tertiary/aromatic N) is 2. The molecule has 2 amide bonds. The Kier molecular flexibility index (Phi) is 6.34. The highest BCUT2D eigenvalue weighted by Gasteiger charge is 2.15. The summed E-state index contributed by atoms with van der Waals surface area (Å²) in [6, 6.07) is 5.84. The summed E-state index contributed by atoms with van der Waals surface area (Å²) in [6.45, 7) is 2.25. The number of pyridine rings is 1. The molecule has 3 aromatic rings. The Bertz CT molecular complexity index is 1260. The van der Waals surface area contributed by atoms with Gasteiger partial charge in [-0.1, -0.05) is 6.92 Å².